The summed E-state index contributed by atoms with van der Waals surface area (Å²) in [5.41, 5.74) is 1.01. The monoisotopic (exact) mass is 1480 g/mol. The van der Waals surface area contributed by atoms with E-state index in [4.69, 9.17) is 37.9 Å². The van der Waals surface area contributed by atoms with Gasteiger partial charge in [-0.3, -0.25) is 48.2 Å². The van der Waals surface area contributed by atoms with Crippen LogP contribution in [0.1, 0.15) is 84.0 Å². The Balaban J connectivity index is 0.460. The lowest BCUT2D eigenvalue weighted by Crippen LogP contribution is -2.45. The van der Waals surface area contributed by atoms with Crippen LogP contribution in [0.15, 0.2) is 24.3 Å². The van der Waals surface area contributed by atoms with Gasteiger partial charge in [0.05, 0.1) is 90.0 Å². The third kappa shape index (κ3) is 4.08. The second-order valence-corrected chi connectivity index (χ2v) is 35.1. The molecule has 114 heavy (non-hydrogen) atoms. The quantitative estimate of drug-likeness (QED) is 0.0137. The highest BCUT2D eigenvalue weighted by atomic mass is 16.6. The standard InChI is InChI=1S/C96H40N2O16/c1-3-111-26(99)21-27(100)113-19-17-109-15-13-107-11-9-97-88(101)22-5-7-24-29-25(8-6-23(28(22)29)89(97)102)91(104)98(90(24)103)10-12-108-14-16-110-18-20-114-93(106)96(92(105)112-4-2)94-84-76-68-58-48-40-32-30-31-34-38-36(32)44-52-46(38)56-50-42(34)43-35(31)39-37-33(30)41(40)49-55-45(37)53-47(39)57-51(43)61-60(50)70-64(56)74-66(52)72(62(68)54(44)48)80(84)82(74)86-78(70)79-71(61)65(57)75-67(53)73-63(55)69(59(49)58)77(76)85(94)81(73)83(75)87(79)95(86,94)96/h5-8H,3-4,9-21H2,1-2H3. The summed E-state index contributed by atoms with van der Waals surface area (Å²) in [6.45, 7) is 3.83. The smallest absolute Gasteiger partial charge is 0.326 e. The second-order valence-electron chi connectivity index (χ2n) is 35.1. The minimum absolute atomic E-state index is 0.000496. The van der Waals surface area contributed by atoms with Gasteiger partial charge in [0.2, 0.25) is 0 Å². The van der Waals surface area contributed by atoms with Crippen molar-refractivity contribution in [3.8, 4) is 0 Å². The minimum Gasteiger partial charge on any atom is -0.466 e. The summed E-state index contributed by atoms with van der Waals surface area (Å²) in [5.74, 6) is -4.82. The van der Waals surface area contributed by atoms with Gasteiger partial charge in [-0.2, -0.15) is 0 Å². The number of imide groups is 2. The van der Waals surface area contributed by atoms with Crippen molar-refractivity contribution in [2.24, 2.45) is 5.41 Å². The van der Waals surface area contributed by atoms with E-state index in [0.717, 1.165) is 9.80 Å². The summed E-state index contributed by atoms with van der Waals surface area (Å²) in [6, 6.07) is 6.08. The number of carbonyl (C=O) groups excluding carboxylic acids is 8. The largest absolute Gasteiger partial charge is 0.466 e. The Kier molecular flexibility index (Phi) is 7.32. The maximum atomic E-state index is 17.5. The lowest BCUT2D eigenvalue weighted by molar-refractivity contribution is -0.167. The highest BCUT2D eigenvalue weighted by Crippen LogP contribution is 2.97. The highest BCUT2D eigenvalue weighted by molar-refractivity contribution is 6.83. The molecule has 30 aromatic rings. The number of nitrogens with zero attached hydrogens (tertiary/aromatic N) is 2. The maximum absolute atomic E-state index is 17.5. The van der Waals surface area contributed by atoms with Crippen LogP contribution in [0, 0.1) is 5.41 Å². The molecule has 0 unspecified atom stereocenters. The van der Waals surface area contributed by atoms with E-state index in [9.17, 15) is 28.8 Å². The molecule has 2 spiro atoms. The van der Waals surface area contributed by atoms with Crippen LogP contribution in [-0.4, -0.2) is 150 Å². The van der Waals surface area contributed by atoms with E-state index >= 15 is 9.59 Å². The average Bonchev–Trinajstić information content (AvgIpc) is 1.35. The molecule has 18 nitrogen and oxygen atoms in total. The Hall–Kier alpha value is -12.8. The number of carbonyl (C=O) groups is 8. The molecule has 530 valence electrons. The molecule has 0 aromatic heterocycles. The van der Waals surface area contributed by atoms with E-state index in [0.29, 0.717) is 0 Å². The van der Waals surface area contributed by atoms with Crippen LogP contribution < -0.4 is 0 Å². The number of benzene rings is 20. The SMILES string of the molecule is CCOC(=O)CC(=O)OCCOCCOCCN1C(=O)c2ccc3c4c(ccc(c24)C1=O)C(=O)N(CCOCCOCCOC(=O)C1(C(=O)OCC)C24c5c6c7c8c9c%10c(c%11c%12c2c2c5c5c%13c6c6c7c7c9c9c%14c%10c%10c%11c%11c%12c%12c2c2c5c5c%13c%13c6c6c7c9c7c9c%14c%10c%10c%11c%11c%12c2c2c5c5c%13c6c7c6c9c%10c%11c2c56)C814)C3=O. The Morgan fingerprint density at radius 2 is 0.447 bits per heavy atom. The second kappa shape index (κ2) is 15.2. The first-order valence-electron chi connectivity index (χ1n) is 40.1. The summed E-state index contributed by atoms with van der Waals surface area (Å²) < 4.78 is 47.1. The van der Waals surface area contributed by atoms with Crippen molar-refractivity contribution < 1.29 is 76.3 Å². The highest BCUT2D eigenvalue weighted by Gasteiger charge is 3.01. The molecule has 7 aliphatic rings. The lowest BCUT2D eigenvalue weighted by Gasteiger charge is -2.32. The molecular weight excluding hydrogens is 1440 g/mol. The van der Waals surface area contributed by atoms with Gasteiger partial charge >= 0.3 is 23.9 Å². The van der Waals surface area contributed by atoms with Gasteiger partial charge in [0.25, 0.3) is 23.6 Å². The van der Waals surface area contributed by atoms with E-state index in [1.807, 2.05) is 6.92 Å². The molecule has 0 atom stereocenters. The number of rotatable bonds is 24. The minimum atomic E-state index is -1.90. The molecule has 5 aliphatic carbocycles. The van der Waals surface area contributed by atoms with E-state index in [2.05, 4.69) is 0 Å². The van der Waals surface area contributed by atoms with Gasteiger partial charge in [-0.15, -0.1) is 0 Å². The predicted molar refractivity (Wildman–Crippen MR) is 434 cm³/mol. The molecule has 4 amide bonds. The van der Waals surface area contributed by atoms with Crippen molar-refractivity contribution in [1.82, 2.24) is 9.80 Å². The molecule has 0 bridgehead atoms. The molecule has 1 saturated carbocycles. The first-order valence-corrected chi connectivity index (χ1v) is 40.1. The fraction of sp³-hybridized carbons (Fsp3) is 0.208. The zero-order valence-corrected chi connectivity index (χ0v) is 59.8. The fourth-order valence-electron chi connectivity index (χ4n) is 30.7. The Bertz CT molecular complexity index is 8930. The Morgan fingerprint density at radius 1 is 0.246 bits per heavy atom. The third-order valence-corrected chi connectivity index (χ3v) is 32.5. The Labute approximate surface area is 629 Å². The maximum Gasteiger partial charge on any atom is 0.326 e. The van der Waals surface area contributed by atoms with Gasteiger partial charge in [0.1, 0.15) is 19.6 Å². The summed E-state index contributed by atoms with van der Waals surface area (Å²) in [5, 5.41) is 76.5. The average molecular weight is 1480 g/mol. The van der Waals surface area contributed by atoms with Crippen molar-refractivity contribution in [1.29, 1.82) is 0 Å². The van der Waals surface area contributed by atoms with Crippen LogP contribution in [0.5, 0.6) is 0 Å². The van der Waals surface area contributed by atoms with Crippen molar-refractivity contribution in [3.63, 3.8) is 0 Å². The molecule has 37 rings (SSSR count). The summed E-state index contributed by atoms with van der Waals surface area (Å²) in [7, 11) is 0. The van der Waals surface area contributed by atoms with Crippen LogP contribution in [-0.2, 0) is 67.9 Å². The van der Waals surface area contributed by atoms with E-state index in [1.54, 1.807) is 6.92 Å². The van der Waals surface area contributed by atoms with E-state index in [-0.39, 0.29) is 125 Å². The first-order chi connectivity index (χ1) is 56.1. The first kappa shape index (κ1) is 54.7. The molecule has 18 heteroatoms. The topological polar surface area (TPSA) is 217 Å². The van der Waals surface area contributed by atoms with E-state index < -0.39 is 70.2 Å². The number of hydrogen-bond donors (Lipinski definition) is 0. The van der Waals surface area contributed by atoms with Gasteiger partial charge < -0.3 is 37.9 Å². The lowest BCUT2D eigenvalue weighted by atomic mass is 9.68. The molecular formula is C96H40N2O16. The van der Waals surface area contributed by atoms with Gasteiger partial charge in [-0.05, 0) is 351 Å². The summed E-state index contributed by atoms with van der Waals surface area (Å²) in [6.07, 6.45) is -0.488. The van der Waals surface area contributed by atoms with Crippen molar-refractivity contribution in [2.75, 3.05) is 92.4 Å². The molecule has 0 radical (unpaired) electrons. The molecule has 30 aromatic carbocycles. The van der Waals surface area contributed by atoms with Crippen LogP contribution in [0.25, 0.3) is 302 Å². The normalized spacial score (nSPS) is 20.4. The number of esters is 4. The molecule has 1 fully saturated rings. The van der Waals surface area contributed by atoms with Gasteiger partial charge in [-0.1, -0.05) is 0 Å². The molecule has 0 N–H and O–H groups in total. The van der Waals surface area contributed by atoms with Crippen LogP contribution in [0.4, 0.5) is 0 Å². The molecule has 2 heterocycles. The molecule has 0 saturated heterocycles. The number of ether oxygens (including phenoxy) is 8. The van der Waals surface area contributed by atoms with Gasteiger partial charge in [0, 0.05) is 33.0 Å². The van der Waals surface area contributed by atoms with Crippen molar-refractivity contribution in [2.45, 2.75) is 31.1 Å². The molecule has 2 aliphatic heterocycles. The van der Waals surface area contributed by atoms with Crippen molar-refractivity contribution in [3.05, 3.63) is 68.8 Å². The van der Waals surface area contributed by atoms with Gasteiger partial charge in [0.15, 0.2) is 5.41 Å². The Morgan fingerprint density at radius 3 is 0.693 bits per heavy atom. The summed E-state index contributed by atoms with van der Waals surface area (Å²) >= 11 is 0. The fourth-order valence-corrected chi connectivity index (χ4v) is 30.7. The summed E-state index contributed by atoms with van der Waals surface area (Å²) in [4.78, 5) is 117. The van der Waals surface area contributed by atoms with E-state index in [1.165, 1.54) is 337 Å². The van der Waals surface area contributed by atoms with Crippen LogP contribution >= 0.6 is 0 Å². The van der Waals surface area contributed by atoms with Gasteiger partial charge in [-0.25, -0.2) is 0 Å². The third-order valence-electron chi connectivity index (χ3n) is 32.5. The zero-order valence-electron chi connectivity index (χ0n) is 59.8. The van der Waals surface area contributed by atoms with Crippen LogP contribution in [0.2, 0.25) is 0 Å². The number of amides is 4. The predicted octanol–water partition coefficient (Wildman–Crippen LogP) is 17.0. The van der Waals surface area contributed by atoms with Crippen molar-refractivity contribution >= 4 is 349 Å². The number of hydrogen-bond acceptors (Lipinski definition) is 16. The van der Waals surface area contributed by atoms with Crippen LogP contribution in [0.3, 0.4) is 0 Å². The zero-order chi connectivity index (χ0) is 73.3.